The Morgan fingerprint density at radius 2 is 1.66 bits per heavy atom. The number of nitrogens with zero attached hydrogens (tertiary/aromatic N) is 1. The summed E-state index contributed by atoms with van der Waals surface area (Å²) in [5.74, 6) is 1.56. The molecular formula is C29H34N2O3S. The van der Waals surface area contributed by atoms with Crippen molar-refractivity contribution in [3.05, 3.63) is 101 Å². The van der Waals surface area contributed by atoms with Crippen LogP contribution in [0.3, 0.4) is 0 Å². The molecule has 0 heterocycles. The molecule has 0 bridgehead atoms. The Balaban J connectivity index is 1.83. The lowest BCUT2D eigenvalue weighted by atomic mass is 10.0. The Bertz CT molecular complexity index is 1090. The van der Waals surface area contributed by atoms with Crippen LogP contribution in [0.5, 0.6) is 5.75 Å². The molecule has 2 amide bonds. The van der Waals surface area contributed by atoms with Crippen LogP contribution in [-0.4, -0.2) is 42.2 Å². The Morgan fingerprint density at radius 3 is 2.34 bits per heavy atom. The molecule has 0 aliphatic heterocycles. The molecule has 0 saturated carbocycles. The van der Waals surface area contributed by atoms with E-state index in [9.17, 15) is 9.59 Å². The summed E-state index contributed by atoms with van der Waals surface area (Å²) in [5.41, 5.74) is 4.32. The topological polar surface area (TPSA) is 58.6 Å². The molecule has 0 fully saturated rings. The van der Waals surface area contributed by atoms with Crippen LogP contribution in [0.15, 0.2) is 78.9 Å². The van der Waals surface area contributed by atoms with Crippen molar-refractivity contribution in [1.82, 2.24) is 10.2 Å². The van der Waals surface area contributed by atoms with Crippen molar-refractivity contribution >= 4 is 23.6 Å². The van der Waals surface area contributed by atoms with E-state index in [-0.39, 0.29) is 11.8 Å². The standard InChI is InChI=1S/C29H34N2O3S/c1-4-30-29(33)27(18-23-9-6-5-7-10-23)31(19-25-11-8-12-26(17-25)34-3)28(32)21-35-20-24-15-13-22(2)14-16-24/h5-17,27H,4,18-21H2,1-3H3,(H,30,33)/t27-/m0/s1. The first-order valence-electron chi connectivity index (χ1n) is 11.9. The number of likely N-dealkylation sites (N-methyl/N-ethyl adjacent to an activating group) is 1. The minimum absolute atomic E-state index is 0.0582. The summed E-state index contributed by atoms with van der Waals surface area (Å²) >= 11 is 1.57. The summed E-state index contributed by atoms with van der Waals surface area (Å²) in [4.78, 5) is 28.5. The number of amides is 2. The second-order valence-electron chi connectivity index (χ2n) is 8.45. The summed E-state index contributed by atoms with van der Waals surface area (Å²) in [6.45, 7) is 4.79. The van der Waals surface area contributed by atoms with Crippen LogP contribution >= 0.6 is 11.8 Å². The van der Waals surface area contributed by atoms with E-state index in [1.165, 1.54) is 11.1 Å². The number of ether oxygens (including phenoxy) is 1. The molecular weight excluding hydrogens is 456 g/mol. The number of aryl methyl sites for hydroxylation is 1. The zero-order chi connectivity index (χ0) is 25.0. The highest BCUT2D eigenvalue weighted by Gasteiger charge is 2.30. The van der Waals surface area contributed by atoms with E-state index in [0.29, 0.717) is 25.3 Å². The molecule has 0 radical (unpaired) electrons. The van der Waals surface area contributed by atoms with Gasteiger partial charge >= 0.3 is 0 Å². The minimum atomic E-state index is -0.615. The van der Waals surface area contributed by atoms with Crippen LogP contribution in [0.2, 0.25) is 0 Å². The molecule has 0 spiro atoms. The lowest BCUT2D eigenvalue weighted by Crippen LogP contribution is -2.51. The number of benzene rings is 3. The zero-order valence-electron chi connectivity index (χ0n) is 20.7. The van der Waals surface area contributed by atoms with Gasteiger partial charge in [-0.2, -0.15) is 0 Å². The Morgan fingerprint density at radius 1 is 0.943 bits per heavy atom. The zero-order valence-corrected chi connectivity index (χ0v) is 21.5. The number of rotatable bonds is 12. The highest BCUT2D eigenvalue weighted by atomic mass is 32.2. The van der Waals surface area contributed by atoms with Crippen LogP contribution in [-0.2, 0) is 28.3 Å². The average Bonchev–Trinajstić information content (AvgIpc) is 2.88. The van der Waals surface area contributed by atoms with Gasteiger partial charge in [-0.05, 0) is 42.7 Å². The molecule has 3 aromatic rings. The molecule has 35 heavy (non-hydrogen) atoms. The molecule has 1 N–H and O–H groups in total. The molecule has 6 heteroatoms. The van der Waals surface area contributed by atoms with Crippen LogP contribution in [0.4, 0.5) is 0 Å². The molecule has 0 aliphatic carbocycles. The number of hydrogen-bond donors (Lipinski definition) is 1. The van der Waals surface area contributed by atoms with Gasteiger partial charge in [0.2, 0.25) is 11.8 Å². The van der Waals surface area contributed by atoms with Gasteiger partial charge < -0.3 is 15.0 Å². The molecule has 0 unspecified atom stereocenters. The quantitative estimate of drug-likeness (QED) is 0.388. The summed E-state index contributed by atoms with van der Waals surface area (Å²) in [7, 11) is 1.62. The molecule has 0 aromatic heterocycles. The third-order valence-electron chi connectivity index (χ3n) is 5.72. The van der Waals surface area contributed by atoms with Crippen LogP contribution in [0, 0.1) is 6.92 Å². The first-order valence-corrected chi connectivity index (χ1v) is 13.0. The second kappa shape index (κ2) is 13.6. The van der Waals surface area contributed by atoms with E-state index in [1.54, 1.807) is 23.8 Å². The Kier molecular flexibility index (Phi) is 10.2. The normalized spacial score (nSPS) is 11.5. The van der Waals surface area contributed by atoms with Gasteiger partial charge in [-0.1, -0.05) is 72.3 Å². The maximum atomic E-state index is 13.6. The Hall–Kier alpha value is -3.25. The molecule has 3 aromatic carbocycles. The highest BCUT2D eigenvalue weighted by Crippen LogP contribution is 2.20. The van der Waals surface area contributed by atoms with E-state index in [0.717, 1.165) is 22.6 Å². The SMILES string of the molecule is CCNC(=O)[C@H](Cc1ccccc1)N(Cc1cccc(OC)c1)C(=O)CSCc1ccc(C)cc1. The van der Waals surface area contributed by atoms with E-state index < -0.39 is 6.04 Å². The number of thioether (sulfide) groups is 1. The summed E-state index contributed by atoms with van der Waals surface area (Å²) in [5, 5.41) is 2.93. The maximum absolute atomic E-state index is 13.6. The summed E-state index contributed by atoms with van der Waals surface area (Å²) in [6, 6.07) is 25.2. The monoisotopic (exact) mass is 490 g/mol. The van der Waals surface area contributed by atoms with Crippen LogP contribution < -0.4 is 10.1 Å². The Labute approximate surface area is 212 Å². The number of methoxy groups -OCH3 is 1. The molecule has 0 aliphatic rings. The first-order chi connectivity index (χ1) is 17.0. The van der Waals surface area contributed by atoms with Crippen molar-refractivity contribution in [2.45, 2.75) is 38.6 Å². The smallest absolute Gasteiger partial charge is 0.243 e. The van der Waals surface area contributed by atoms with Gasteiger partial charge in [0, 0.05) is 25.3 Å². The maximum Gasteiger partial charge on any atom is 0.243 e. The molecule has 0 saturated heterocycles. The lowest BCUT2D eigenvalue weighted by molar-refractivity contribution is -0.139. The summed E-state index contributed by atoms with van der Waals surface area (Å²) < 4.78 is 5.37. The van der Waals surface area contributed by atoms with E-state index >= 15 is 0 Å². The summed E-state index contributed by atoms with van der Waals surface area (Å²) in [6.07, 6.45) is 0.449. The third kappa shape index (κ3) is 8.18. The van der Waals surface area contributed by atoms with Gasteiger partial charge in [0.15, 0.2) is 0 Å². The fourth-order valence-corrected chi connectivity index (χ4v) is 4.71. The largest absolute Gasteiger partial charge is 0.497 e. The molecule has 184 valence electrons. The predicted molar refractivity (Wildman–Crippen MR) is 144 cm³/mol. The van der Waals surface area contributed by atoms with Gasteiger partial charge in [0.25, 0.3) is 0 Å². The van der Waals surface area contributed by atoms with Gasteiger partial charge in [0.05, 0.1) is 12.9 Å². The van der Waals surface area contributed by atoms with Crippen molar-refractivity contribution in [3.63, 3.8) is 0 Å². The van der Waals surface area contributed by atoms with Crippen molar-refractivity contribution in [1.29, 1.82) is 0 Å². The van der Waals surface area contributed by atoms with Gasteiger partial charge in [-0.15, -0.1) is 11.8 Å². The number of hydrogen-bond acceptors (Lipinski definition) is 4. The van der Waals surface area contributed by atoms with Crippen molar-refractivity contribution < 1.29 is 14.3 Å². The van der Waals surface area contributed by atoms with Crippen molar-refractivity contribution in [3.8, 4) is 5.75 Å². The predicted octanol–water partition coefficient (Wildman–Crippen LogP) is 5.01. The molecule has 5 nitrogen and oxygen atoms in total. The number of carbonyl (C=O) groups excluding carboxylic acids is 2. The van der Waals surface area contributed by atoms with E-state index in [1.807, 2.05) is 61.5 Å². The van der Waals surface area contributed by atoms with Crippen LogP contribution in [0.25, 0.3) is 0 Å². The van der Waals surface area contributed by atoms with Gasteiger partial charge in [-0.25, -0.2) is 0 Å². The third-order valence-corrected chi connectivity index (χ3v) is 6.71. The van der Waals surface area contributed by atoms with Gasteiger partial charge in [0.1, 0.15) is 11.8 Å². The van der Waals surface area contributed by atoms with Gasteiger partial charge in [-0.3, -0.25) is 9.59 Å². The molecule has 3 rings (SSSR count). The first kappa shape index (κ1) is 26.4. The molecule has 1 atom stereocenters. The fraction of sp³-hybridized carbons (Fsp3) is 0.310. The average molecular weight is 491 g/mol. The van der Waals surface area contributed by atoms with Crippen molar-refractivity contribution in [2.24, 2.45) is 0 Å². The minimum Gasteiger partial charge on any atom is -0.497 e. The highest BCUT2D eigenvalue weighted by molar-refractivity contribution is 7.99. The van der Waals surface area contributed by atoms with E-state index in [2.05, 4.69) is 36.5 Å². The number of carbonyl (C=O) groups is 2. The fourth-order valence-electron chi connectivity index (χ4n) is 3.84. The lowest BCUT2D eigenvalue weighted by Gasteiger charge is -2.31. The van der Waals surface area contributed by atoms with Crippen molar-refractivity contribution in [2.75, 3.05) is 19.4 Å². The van der Waals surface area contributed by atoms with E-state index in [4.69, 9.17) is 4.74 Å². The number of nitrogens with one attached hydrogen (secondary N) is 1. The van der Waals surface area contributed by atoms with Crippen LogP contribution in [0.1, 0.15) is 29.2 Å². The second-order valence-corrected chi connectivity index (χ2v) is 9.44.